The minimum Gasteiger partial charge on any atom is -0.353 e. The lowest BCUT2D eigenvalue weighted by atomic mass is 10.1. The first-order valence-electron chi connectivity index (χ1n) is 7.31. The summed E-state index contributed by atoms with van der Waals surface area (Å²) in [4.78, 5) is 6.68. The molecule has 1 aliphatic rings. The molecule has 0 spiro atoms. The van der Waals surface area contributed by atoms with Crippen molar-refractivity contribution in [2.75, 3.05) is 18.0 Å². The maximum atomic E-state index is 13.1. The summed E-state index contributed by atoms with van der Waals surface area (Å²) in [5.74, 6) is 0.650. The zero-order valence-corrected chi connectivity index (χ0v) is 12.0. The Labute approximate surface area is 127 Å². The summed E-state index contributed by atoms with van der Waals surface area (Å²) >= 11 is 0. The SMILES string of the molecule is NC1CCN(c2nccn3nc(-c4ccc(F)cc4)cc23)C1. The number of halogens is 1. The number of nitrogens with zero attached hydrogens (tertiary/aromatic N) is 4. The van der Waals surface area contributed by atoms with Gasteiger partial charge in [0.05, 0.1) is 5.69 Å². The Hall–Kier alpha value is -2.47. The monoisotopic (exact) mass is 297 g/mol. The van der Waals surface area contributed by atoms with Gasteiger partial charge in [-0.05, 0) is 36.8 Å². The van der Waals surface area contributed by atoms with Gasteiger partial charge in [0.1, 0.15) is 11.3 Å². The van der Waals surface area contributed by atoms with Crippen LogP contribution >= 0.6 is 0 Å². The van der Waals surface area contributed by atoms with Gasteiger partial charge in [-0.3, -0.25) is 0 Å². The third kappa shape index (κ3) is 2.21. The van der Waals surface area contributed by atoms with Crippen LogP contribution in [-0.2, 0) is 0 Å². The van der Waals surface area contributed by atoms with Crippen LogP contribution in [0.4, 0.5) is 10.2 Å². The summed E-state index contributed by atoms with van der Waals surface area (Å²) in [6.07, 6.45) is 4.54. The molecule has 4 rings (SSSR count). The zero-order valence-electron chi connectivity index (χ0n) is 12.0. The predicted molar refractivity (Wildman–Crippen MR) is 83.2 cm³/mol. The summed E-state index contributed by atoms with van der Waals surface area (Å²) in [5, 5.41) is 4.56. The molecule has 2 aromatic heterocycles. The largest absolute Gasteiger partial charge is 0.353 e. The van der Waals surface area contributed by atoms with Gasteiger partial charge in [0.15, 0.2) is 5.82 Å². The van der Waals surface area contributed by atoms with Crippen molar-refractivity contribution in [3.8, 4) is 11.3 Å². The van der Waals surface area contributed by atoms with Crippen molar-refractivity contribution in [1.82, 2.24) is 14.6 Å². The van der Waals surface area contributed by atoms with Crippen molar-refractivity contribution in [1.29, 1.82) is 0 Å². The van der Waals surface area contributed by atoms with E-state index in [-0.39, 0.29) is 11.9 Å². The quantitative estimate of drug-likeness (QED) is 0.786. The molecule has 3 heterocycles. The van der Waals surface area contributed by atoms with Crippen molar-refractivity contribution in [3.63, 3.8) is 0 Å². The smallest absolute Gasteiger partial charge is 0.154 e. The third-order valence-electron chi connectivity index (χ3n) is 4.03. The van der Waals surface area contributed by atoms with Gasteiger partial charge in [0.25, 0.3) is 0 Å². The zero-order chi connectivity index (χ0) is 15.1. The standard InChI is InChI=1S/C16H16FN5/c17-12-3-1-11(2-4-12)14-9-15-16(19-6-8-22(15)20-14)21-7-5-13(18)10-21/h1-4,6,8-9,13H,5,7,10,18H2. The minimum absolute atomic E-state index is 0.196. The van der Waals surface area contributed by atoms with Crippen LogP contribution in [0.15, 0.2) is 42.7 Å². The van der Waals surface area contributed by atoms with E-state index < -0.39 is 0 Å². The molecule has 5 nitrogen and oxygen atoms in total. The van der Waals surface area contributed by atoms with Gasteiger partial charge in [-0.2, -0.15) is 5.10 Å². The van der Waals surface area contributed by atoms with Gasteiger partial charge in [0, 0.05) is 37.1 Å². The van der Waals surface area contributed by atoms with Crippen LogP contribution in [0.5, 0.6) is 0 Å². The van der Waals surface area contributed by atoms with E-state index in [1.54, 1.807) is 18.3 Å². The highest BCUT2D eigenvalue weighted by molar-refractivity contribution is 5.75. The Morgan fingerprint density at radius 1 is 1.23 bits per heavy atom. The van der Waals surface area contributed by atoms with Crippen LogP contribution in [0.3, 0.4) is 0 Å². The Morgan fingerprint density at radius 2 is 2.05 bits per heavy atom. The molecule has 1 fully saturated rings. The average Bonchev–Trinajstić information content (AvgIpc) is 3.13. The lowest BCUT2D eigenvalue weighted by Gasteiger charge is -2.17. The lowest BCUT2D eigenvalue weighted by molar-refractivity contribution is 0.628. The van der Waals surface area contributed by atoms with Crippen LogP contribution in [0.1, 0.15) is 6.42 Å². The number of anilines is 1. The number of hydrogen-bond acceptors (Lipinski definition) is 4. The number of rotatable bonds is 2. The molecule has 6 heteroatoms. The fourth-order valence-electron chi connectivity index (χ4n) is 2.89. The maximum Gasteiger partial charge on any atom is 0.154 e. The molecular weight excluding hydrogens is 281 g/mol. The molecule has 0 saturated carbocycles. The van der Waals surface area contributed by atoms with Crippen LogP contribution in [0.25, 0.3) is 16.8 Å². The van der Waals surface area contributed by atoms with E-state index in [1.807, 2.05) is 16.8 Å². The van der Waals surface area contributed by atoms with Crippen LogP contribution in [0, 0.1) is 5.82 Å². The van der Waals surface area contributed by atoms with Crippen LogP contribution in [-0.4, -0.2) is 33.7 Å². The molecule has 0 radical (unpaired) electrons. The summed E-state index contributed by atoms with van der Waals surface area (Å²) < 4.78 is 14.9. The average molecular weight is 297 g/mol. The van der Waals surface area contributed by atoms with Gasteiger partial charge in [-0.1, -0.05) is 0 Å². The first kappa shape index (κ1) is 13.2. The van der Waals surface area contributed by atoms with E-state index in [0.29, 0.717) is 0 Å². The second-order valence-corrected chi connectivity index (χ2v) is 5.61. The van der Waals surface area contributed by atoms with E-state index in [0.717, 1.165) is 42.1 Å². The van der Waals surface area contributed by atoms with Crippen LogP contribution < -0.4 is 10.6 Å². The second-order valence-electron chi connectivity index (χ2n) is 5.61. The van der Waals surface area contributed by atoms with Crippen molar-refractivity contribution < 1.29 is 4.39 Å². The van der Waals surface area contributed by atoms with Crippen molar-refractivity contribution in [3.05, 3.63) is 48.5 Å². The molecule has 112 valence electrons. The van der Waals surface area contributed by atoms with E-state index >= 15 is 0 Å². The highest BCUT2D eigenvalue weighted by Crippen LogP contribution is 2.26. The Kier molecular flexibility index (Phi) is 3.04. The highest BCUT2D eigenvalue weighted by atomic mass is 19.1. The number of aromatic nitrogens is 3. The molecule has 0 bridgehead atoms. The Morgan fingerprint density at radius 3 is 2.77 bits per heavy atom. The topological polar surface area (TPSA) is 59.5 Å². The van der Waals surface area contributed by atoms with Gasteiger partial charge in [-0.25, -0.2) is 13.9 Å². The molecule has 0 amide bonds. The molecule has 1 atom stereocenters. The number of fused-ring (bicyclic) bond motifs is 1. The van der Waals surface area contributed by atoms with E-state index in [9.17, 15) is 4.39 Å². The lowest BCUT2D eigenvalue weighted by Crippen LogP contribution is -2.27. The van der Waals surface area contributed by atoms with E-state index in [4.69, 9.17) is 5.73 Å². The third-order valence-corrected chi connectivity index (χ3v) is 4.03. The van der Waals surface area contributed by atoms with Gasteiger partial charge < -0.3 is 10.6 Å². The van der Waals surface area contributed by atoms with Crippen molar-refractivity contribution in [2.24, 2.45) is 5.73 Å². The van der Waals surface area contributed by atoms with E-state index in [1.165, 1.54) is 12.1 Å². The van der Waals surface area contributed by atoms with Crippen molar-refractivity contribution >= 4 is 11.3 Å². The molecule has 2 N–H and O–H groups in total. The second kappa shape index (κ2) is 5.06. The van der Waals surface area contributed by atoms with Crippen LogP contribution in [0.2, 0.25) is 0 Å². The molecule has 1 aromatic carbocycles. The van der Waals surface area contributed by atoms with Gasteiger partial charge in [0.2, 0.25) is 0 Å². The first-order valence-corrected chi connectivity index (χ1v) is 7.31. The fourth-order valence-corrected chi connectivity index (χ4v) is 2.89. The number of benzene rings is 1. The van der Waals surface area contributed by atoms with Gasteiger partial charge >= 0.3 is 0 Å². The molecule has 1 unspecified atom stereocenters. The summed E-state index contributed by atoms with van der Waals surface area (Å²) in [6.45, 7) is 1.72. The van der Waals surface area contributed by atoms with E-state index in [2.05, 4.69) is 15.0 Å². The highest BCUT2D eigenvalue weighted by Gasteiger charge is 2.22. The first-order chi connectivity index (χ1) is 10.7. The normalized spacial score (nSPS) is 18.3. The molecule has 1 aliphatic heterocycles. The number of hydrogen-bond donors (Lipinski definition) is 1. The molecule has 3 aromatic rings. The van der Waals surface area contributed by atoms with Gasteiger partial charge in [-0.15, -0.1) is 0 Å². The Bertz CT molecular complexity index is 811. The molecule has 22 heavy (non-hydrogen) atoms. The summed E-state index contributed by atoms with van der Waals surface area (Å²) in [6, 6.07) is 8.53. The summed E-state index contributed by atoms with van der Waals surface area (Å²) in [7, 11) is 0. The molecular formula is C16H16FN5. The fraction of sp³-hybridized carbons (Fsp3) is 0.250. The van der Waals surface area contributed by atoms with Crippen molar-refractivity contribution in [2.45, 2.75) is 12.5 Å². The predicted octanol–water partition coefficient (Wildman–Crippen LogP) is 2.07. The Balaban J connectivity index is 1.79. The maximum absolute atomic E-state index is 13.1. The number of nitrogens with two attached hydrogens (primary N) is 1. The summed E-state index contributed by atoms with van der Waals surface area (Å²) in [5.41, 5.74) is 8.62. The molecule has 1 saturated heterocycles. The molecule has 0 aliphatic carbocycles. The minimum atomic E-state index is -0.249.